The van der Waals surface area contributed by atoms with E-state index in [0.29, 0.717) is 24.9 Å². The summed E-state index contributed by atoms with van der Waals surface area (Å²) < 4.78 is 5.23. The first kappa shape index (κ1) is 18.5. The number of aliphatic hydroxyl groups is 1. The Balaban J connectivity index is 1.70. The van der Waals surface area contributed by atoms with Crippen LogP contribution in [0.2, 0.25) is 0 Å². The third kappa shape index (κ3) is 3.12. The van der Waals surface area contributed by atoms with E-state index >= 15 is 0 Å². The van der Waals surface area contributed by atoms with Crippen molar-refractivity contribution in [2.45, 2.75) is 30.3 Å². The molecule has 3 rings (SSSR count). The molecular weight excluding hydrogens is 366 g/mol. The van der Waals surface area contributed by atoms with Crippen molar-refractivity contribution in [1.29, 1.82) is 0 Å². The number of fused-ring (bicyclic) bond motifs is 1. The van der Waals surface area contributed by atoms with Gasteiger partial charge in [0.25, 0.3) is 5.91 Å². The number of thioether (sulfide) groups is 1. The van der Waals surface area contributed by atoms with Gasteiger partial charge in [-0.15, -0.1) is 11.8 Å². The summed E-state index contributed by atoms with van der Waals surface area (Å²) in [6.45, 7) is 0.0862. The van der Waals surface area contributed by atoms with Crippen LogP contribution in [0.25, 0.3) is 0 Å². The second-order valence-electron chi connectivity index (χ2n) is 6.16. The molecule has 0 spiro atoms. The van der Waals surface area contributed by atoms with Crippen LogP contribution in [0.3, 0.4) is 0 Å². The number of carboxylic acid groups (broad SMARTS) is 1. The fourth-order valence-electron chi connectivity index (χ4n) is 3.39. The van der Waals surface area contributed by atoms with E-state index in [4.69, 9.17) is 4.74 Å². The van der Waals surface area contributed by atoms with Crippen molar-refractivity contribution in [1.82, 2.24) is 15.1 Å². The Bertz CT molecular complexity index is 668. The molecule has 1 unspecified atom stereocenters. The molecule has 2 saturated heterocycles. The maximum atomic E-state index is 12.2. The molecule has 3 aliphatic rings. The average Bonchev–Trinajstić information content (AvgIpc) is 3.11. The van der Waals surface area contributed by atoms with Crippen molar-refractivity contribution in [3.63, 3.8) is 0 Å². The van der Waals surface area contributed by atoms with Crippen LogP contribution < -0.4 is 5.32 Å². The van der Waals surface area contributed by atoms with Crippen molar-refractivity contribution in [3.8, 4) is 0 Å². The van der Waals surface area contributed by atoms with Crippen LogP contribution in [-0.2, 0) is 19.1 Å². The fourth-order valence-corrected chi connectivity index (χ4v) is 4.72. The summed E-state index contributed by atoms with van der Waals surface area (Å²) in [5.74, 6) is -1.52. The molecule has 3 heterocycles. The SMILES string of the molecule is O=CNC1C(=O)N2C(C(=O)O)=C(COC(=O)N3CCC[C@H]3CO)CS[C@H]12. The minimum absolute atomic E-state index is 0.150. The summed E-state index contributed by atoms with van der Waals surface area (Å²) in [6, 6.07) is -1.03. The Labute approximate surface area is 153 Å². The van der Waals surface area contributed by atoms with Gasteiger partial charge in [-0.2, -0.15) is 0 Å². The van der Waals surface area contributed by atoms with E-state index in [1.807, 2.05) is 0 Å². The largest absolute Gasteiger partial charge is 0.477 e. The highest BCUT2D eigenvalue weighted by Gasteiger charge is 2.53. The van der Waals surface area contributed by atoms with Crippen LogP contribution in [0.4, 0.5) is 4.79 Å². The van der Waals surface area contributed by atoms with Gasteiger partial charge in [0.1, 0.15) is 23.7 Å². The molecule has 0 saturated carbocycles. The van der Waals surface area contributed by atoms with Gasteiger partial charge in [-0.25, -0.2) is 9.59 Å². The van der Waals surface area contributed by atoms with Crippen molar-refractivity contribution < 1.29 is 34.1 Å². The zero-order valence-electron chi connectivity index (χ0n) is 13.8. The van der Waals surface area contributed by atoms with Crippen LogP contribution >= 0.6 is 11.8 Å². The number of nitrogens with one attached hydrogen (secondary N) is 1. The molecule has 3 atom stereocenters. The number of amides is 3. The maximum absolute atomic E-state index is 12.2. The van der Waals surface area contributed by atoms with Crippen LogP contribution in [0, 0.1) is 0 Å². The van der Waals surface area contributed by atoms with E-state index in [1.165, 1.54) is 16.7 Å². The molecule has 0 radical (unpaired) electrons. The molecule has 2 fully saturated rings. The number of ether oxygens (including phenoxy) is 1. The molecule has 0 aromatic heterocycles. The highest BCUT2D eigenvalue weighted by Crippen LogP contribution is 2.40. The Kier molecular flexibility index (Phi) is 5.37. The summed E-state index contributed by atoms with van der Waals surface area (Å²) >= 11 is 1.30. The van der Waals surface area contributed by atoms with E-state index in [-0.39, 0.29) is 30.7 Å². The third-order valence-corrected chi connectivity index (χ3v) is 6.03. The number of carbonyl (C=O) groups excluding carboxylic acids is 3. The predicted octanol–water partition coefficient (Wildman–Crippen LogP) is -1.05. The van der Waals surface area contributed by atoms with Gasteiger partial charge in [0.15, 0.2) is 0 Å². The number of rotatable bonds is 6. The molecule has 11 heteroatoms. The molecule has 0 bridgehead atoms. The summed E-state index contributed by atoms with van der Waals surface area (Å²) in [7, 11) is 0. The standard InChI is InChI=1S/C15H19N3O7S/c19-4-9-2-1-3-17(9)15(24)25-5-8-6-26-13-10(16-7-20)12(21)18(13)11(8)14(22)23/h7,9-10,13,19H,1-6H2,(H,16,20)(H,22,23)/t9-,10?,13+/m0/s1. The molecular formula is C15H19N3O7S. The average molecular weight is 385 g/mol. The zero-order valence-corrected chi connectivity index (χ0v) is 14.6. The van der Waals surface area contributed by atoms with Crippen molar-refractivity contribution >= 4 is 36.1 Å². The number of aliphatic hydroxyl groups excluding tert-OH is 1. The Morgan fingerprint density at radius 1 is 1.42 bits per heavy atom. The number of carbonyl (C=O) groups is 4. The first-order chi connectivity index (χ1) is 12.5. The van der Waals surface area contributed by atoms with E-state index in [1.54, 1.807) is 0 Å². The Hall–Kier alpha value is -2.27. The summed E-state index contributed by atoms with van der Waals surface area (Å²) in [5, 5.41) is 20.7. The number of hydrogen-bond acceptors (Lipinski definition) is 7. The summed E-state index contributed by atoms with van der Waals surface area (Å²) in [6.07, 6.45) is 1.27. The minimum Gasteiger partial charge on any atom is -0.477 e. The number of carboxylic acids is 1. The summed E-state index contributed by atoms with van der Waals surface area (Å²) in [4.78, 5) is 49.0. The van der Waals surface area contributed by atoms with Crippen LogP contribution in [0.5, 0.6) is 0 Å². The highest BCUT2D eigenvalue weighted by molar-refractivity contribution is 8.00. The minimum atomic E-state index is -1.28. The lowest BCUT2D eigenvalue weighted by Crippen LogP contribution is -2.69. The van der Waals surface area contributed by atoms with Crippen molar-refractivity contribution in [2.24, 2.45) is 0 Å². The molecule has 10 nitrogen and oxygen atoms in total. The molecule has 0 aromatic carbocycles. The molecule has 3 amide bonds. The summed E-state index contributed by atoms with van der Waals surface area (Å²) in [5.41, 5.74) is 0.125. The number of β-lactam (4-membered cyclic amide) rings is 1. The first-order valence-corrected chi connectivity index (χ1v) is 9.18. The quantitative estimate of drug-likeness (QED) is 0.389. The Morgan fingerprint density at radius 2 is 2.19 bits per heavy atom. The van der Waals surface area contributed by atoms with E-state index in [9.17, 15) is 29.4 Å². The van der Waals surface area contributed by atoms with Gasteiger partial charge in [0.05, 0.1) is 12.6 Å². The fraction of sp³-hybridized carbons (Fsp3) is 0.600. The van der Waals surface area contributed by atoms with Gasteiger partial charge < -0.3 is 25.2 Å². The van der Waals surface area contributed by atoms with Crippen molar-refractivity contribution in [3.05, 3.63) is 11.3 Å². The molecule has 3 N–H and O–H groups in total. The third-order valence-electron chi connectivity index (χ3n) is 4.69. The number of aliphatic carboxylic acids is 1. The topological polar surface area (TPSA) is 136 Å². The van der Waals surface area contributed by atoms with Gasteiger partial charge in [0, 0.05) is 17.9 Å². The van der Waals surface area contributed by atoms with Crippen LogP contribution in [0.1, 0.15) is 12.8 Å². The molecule has 0 aliphatic carbocycles. The monoisotopic (exact) mass is 385 g/mol. The molecule has 26 heavy (non-hydrogen) atoms. The number of nitrogens with zero attached hydrogens (tertiary/aromatic N) is 2. The molecule has 0 aromatic rings. The molecule has 3 aliphatic heterocycles. The smallest absolute Gasteiger partial charge is 0.410 e. The van der Waals surface area contributed by atoms with E-state index in [2.05, 4.69) is 5.32 Å². The van der Waals surface area contributed by atoms with Crippen LogP contribution in [-0.4, -0.2) is 87.4 Å². The van der Waals surface area contributed by atoms with E-state index in [0.717, 1.165) is 11.3 Å². The van der Waals surface area contributed by atoms with Crippen molar-refractivity contribution in [2.75, 3.05) is 25.5 Å². The Morgan fingerprint density at radius 3 is 2.85 bits per heavy atom. The van der Waals surface area contributed by atoms with Gasteiger partial charge in [-0.1, -0.05) is 0 Å². The van der Waals surface area contributed by atoms with Crippen LogP contribution in [0.15, 0.2) is 11.3 Å². The number of hydrogen-bond donors (Lipinski definition) is 3. The van der Waals surface area contributed by atoms with E-state index < -0.39 is 29.4 Å². The van der Waals surface area contributed by atoms with Gasteiger partial charge in [0.2, 0.25) is 6.41 Å². The number of likely N-dealkylation sites (tertiary alicyclic amines) is 1. The highest BCUT2D eigenvalue weighted by atomic mass is 32.2. The first-order valence-electron chi connectivity index (χ1n) is 8.13. The lowest BCUT2D eigenvalue weighted by atomic mass is 10.0. The molecule has 142 valence electrons. The maximum Gasteiger partial charge on any atom is 0.410 e. The zero-order chi connectivity index (χ0) is 18.8. The van der Waals surface area contributed by atoms with Gasteiger partial charge in [-0.3, -0.25) is 14.5 Å². The lowest BCUT2D eigenvalue weighted by molar-refractivity contribution is -0.149. The normalized spacial score (nSPS) is 27.7. The predicted molar refractivity (Wildman–Crippen MR) is 88.9 cm³/mol. The lowest BCUT2D eigenvalue weighted by Gasteiger charge is -2.49. The second-order valence-corrected chi connectivity index (χ2v) is 7.26. The van der Waals surface area contributed by atoms with Gasteiger partial charge >= 0.3 is 12.1 Å². The second kappa shape index (κ2) is 7.54. The van der Waals surface area contributed by atoms with Gasteiger partial charge in [-0.05, 0) is 12.8 Å².